The number of carbonyl (C=O) groups is 1. The van der Waals surface area contributed by atoms with Gasteiger partial charge in [0.15, 0.2) is 5.69 Å². The van der Waals surface area contributed by atoms with E-state index >= 15 is 0 Å². The van der Waals surface area contributed by atoms with E-state index in [0.717, 1.165) is 23.0 Å². The topological polar surface area (TPSA) is 85.2 Å². The number of aromatic nitrogens is 4. The fraction of sp³-hybridized carbons (Fsp3) is 0.481. The number of amides is 1. The molecule has 38 heavy (non-hydrogen) atoms. The first-order valence-corrected chi connectivity index (χ1v) is 12.6. The van der Waals surface area contributed by atoms with E-state index in [4.69, 9.17) is 4.74 Å². The number of ether oxygens (including phenoxy) is 1. The summed E-state index contributed by atoms with van der Waals surface area (Å²) < 4.78 is 45.8. The van der Waals surface area contributed by atoms with E-state index < -0.39 is 17.5 Å². The molecule has 11 heteroatoms. The van der Waals surface area contributed by atoms with Crippen molar-refractivity contribution in [3.05, 3.63) is 58.8 Å². The van der Waals surface area contributed by atoms with Gasteiger partial charge in [0.1, 0.15) is 23.1 Å². The predicted octanol–water partition coefficient (Wildman–Crippen LogP) is 6.14. The summed E-state index contributed by atoms with van der Waals surface area (Å²) >= 11 is 0. The van der Waals surface area contributed by atoms with Crippen molar-refractivity contribution in [2.45, 2.75) is 72.8 Å². The van der Waals surface area contributed by atoms with Gasteiger partial charge in [-0.15, -0.1) is 0 Å². The van der Waals surface area contributed by atoms with Crippen LogP contribution in [-0.2, 0) is 37.5 Å². The van der Waals surface area contributed by atoms with Crippen molar-refractivity contribution in [1.82, 2.24) is 24.4 Å². The zero-order chi connectivity index (χ0) is 28.3. The summed E-state index contributed by atoms with van der Waals surface area (Å²) in [6.07, 6.45) is -3.29. The van der Waals surface area contributed by atoms with Gasteiger partial charge in [-0.1, -0.05) is 38.1 Å². The Morgan fingerprint density at radius 2 is 1.74 bits per heavy atom. The zero-order valence-electron chi connectivity index (χ0n) is 22.9. The van der Waals surface area contributed by atoms with E-state index in [1.165, 1.54) is 11.6 Å². The van der Waals surface area contributed by atoms with Crippen LogP contribution in [0.2, 0.25) is 0 Å². The number of hydrogen-bond acceptors (Lipinski definition) is 6. The minimum atomic E-state index is -4.49. The summed E-state index contributed by atoms with van der Waals surface area (Å²) in [5, 5.41) is 3.33. The van der Waals surface area contributed by atoms with Crippen LogP contribution >= 0.6 is 0 Å². The van der Waals surface area contributed by atoms with Crippen LogP contribution in [0.25, 0.3) is 11.4 Å². The summed E-state index contributed by atoms with van der Waals surface area (Å²) in [6.45, 7) is 12.6. The molecule has 0 saturated carbocycles. The molecule has 1 aliphatic heterocycles. The maximum atomic E-state index is 13.0. The van der Waals surface area contributed by atoms with Gasteiger partial charge >= 0.3 is 12.3 Å². The molecule has 0 atom stereocenters. The number of benzene rings is 1. The van der Waals surface area contributed by atoms with E-state index in [2.05, 4.69) is 20.3 Å². The van der Waals surface area contributed by atoms with Gasteiger partial charge in [-0.25, -0.2) is 19.7 Å². The van der Waals surface area contributed by atoms with Gasteiger partial charge in [0.2, 0.25) is 0 Å². The molecule has 0 unspecified atom stereocenters. The van der Waals surface area contributed by atoms with Gasteiger partial charge in [-0.05, 0) is 33.3 Å². The zero-order valence-corrected chi connectivity index (χ0v) is 22.9. The highest BCUT2D eigenvalue weighted by Crippen LogP contribution is 2.31. The summed E-state index contributed by atoms with van der Waals surface area (Å²) in [5.74, 6) is 1.52. The Morgan fingerprint density at radius 1 is 1.08 bits per heavy atom. The fourth-order valence-corrected chi connectivity index (χ4v) is 3.99. The van der Waals surface area contributed by atoms with Crippen LogP contribution < -0.4 is 5.32 Å². The SMILES string of the molecule is CC.Cc1nc2c(c(NCc3ccc(-c4nc(C(F)(F)F)cn4C)cc3)n1)CN(C(=O)OC(C)(C)C)CC2. The number of anilines is 1. The molecule has 0 radical (unpaired) electrons. The Hall–Kier alpha value is -3.63. The monoisotopic (exact) mass is 532 g/mol. The molecule has 8 nitrogen and oxygen atoms in total. The van der Waals surface area contributed by atoms with Crippen molar-refractivity contribution in [3.8, 4) is 11.4 Å². The number of fused-ring (bicyclic) bond motifs is 1. The largest absolute Gasteiger partial charge is 0.444 e. The normalized spacial score (nSPS) is 13.4. The lowest BCUT2D eigenvalue weighted by Crippen LogP contribution is -2.40. The molecule has 0 spiro atoms. The molecule has 0 fully saturated rings. The summed E-state index contributed by atoms with van der Waals surface area (Å²) in [7, 11) is 1.54. The van der Waals surface area contributed by atoms with E-state index in [-0.39, 0.29) is 11.9 Å². The van der Waals surface area contributed by atoms with Gasteiger partial charge < -0.3 is 19.5 Å². The molecule has 0 aliphatic carbocycles. The van der Waals surface area contributed by atoms with Crippen LogP contribution in [0.15, 0.2) is 30.5 Å². The Morgan fingerprint density at radius 3 is 2.32 bits per heavy atom. The Bertz CT molecular complexity index is 1260. The van der Waals surface area contributed by atoms with Crippen LogP contribution in [-0.4, -0.2) is 42.7 Å². The number of halogens is 3. The maximum Gasteiger partial charge on any atom is 0.434 e. The highest BCUT2D eigenvalue weighted by molar-refractivity contribution is 5.69. The van der Waals surface area contributed by atoms with Crippen LogP contribution in [0.3, 0.4) is 0 Å². The number of rotatable bonds is 4. The molecule has 3 aromatic rings. The second kappa shape index (κ2) is 11.4. The Labute approximate surface area is 221 Å². The molecule has 206 valence electrons. The van der Waals surface area contributed by atoms with Crippen LogP contribution in [0.1, 0.15) is 63.0 Å². The van der Waals surface area contributed by atoms with Crippen molar-refractivity contribution in [3.63, 3.8) is 0 Å². The molecule has 2 aromatic heterocycles. The van der Waals surface area contributed by atoms with Crippen LogP contribution in [0.4, 0.5) is 23.8 Å². The average molecular weight is 533 g/mol. The Kier molecular flexibility index (Phi) is 8.68. The number of alkyl halides is 3. The summed E-state index contributed by atoms with van der Waals surface area (Å²) in [5.41, 5.74) is 1.73. The molecule has 3 heterocycles. The molecule has 1 amide bonds. The third-order valence-electron chi connectivity index (χ3n) is 5.66. The number of nitrogens with one attached hydrogen (secondary N) is 1. The maximum absolute atomic E-state index is 13.0. The van der Waals surface area contributed by atoms with Gasteiger partial charge in [0, 0.05) is 43.9 Å². The van der Waals surface area contributed by atoms with Crippen molar-refractivity contribution in [1.29, 1.82) is 0 Å². The number of aryl methyl sites for hydroxylation is 2. The molecule has 1 N–H and O–H groups in total. The minimum Gasteiger partial charge on any atom is -0.444 e. The number of imidazole rings is 1. The smallest absolute Gasteiger partial charge is 0.434 e. The molecule has 1 aliphatic rings. The van der Waals surface area contributed by atoms with Gasteiger partial charge in [-0.3, -0.25) is 0 Å². The predicted molar refractivity (Wildman–Crippen MR) is 139 cm³/mol. The molecule has 4 rings (SSSR count). The molecular formula is C27H35F3N6O2. The number of nitrogens with zero attached hydrogens (tertiary/aromatic N) is 5. The van der Waals surface area contributed by atoms with Crippen LogP contribution in [0.5, 0.6) is 0 Å². The standard InChI is InChI=1S/C25H29F3N6O2.C2H6/c1-15-30-19-10-11-34(23(35)36-24(2,3)4)13-18(19)21(31-15)29-12-16-6-8-17(9-7-16)22-32-20(14-33(22)5)25(26,27)28;1-2/h6-9,14H,10-13H2,1-5H3,(H,29,30,31);1-2H3. The lowest BCUT2D eigenvalue weighted by Gasteiger charge is -2.31. The van der Waals surface area contributed by atoms with Crippen molar-refractivity contribution in [2.75, 3.05) is 11.9 Å². The molecular weight excluding hydrogens is 497 g/mol. The quantitative estimate of drug-likeness (QED) is 0.435. The lowest BCUT2D eigenvalue weighted by molar-refractivity contribution is -0.140. The third-order valence-corrected chi connectivity index (χ3v) is 5.66. The average Bonchev–Trinajstić information content (AvgIpc) is 3.25. The van der Waals surface area contributed by atoms with E-state index in [9.17, 15) is 18.0 Å². The first-order chi connectivity index (χ1) is 17.8. The van der Waals surface area contributed by atoms with Gasteiger partial charge in [0.25, 0.3) is 0 Å². The van der Waals surface area contributed by atoms with E-state index in [1.807, 2.05) is 53.7 Å². The first kappa shape index (κ1) is 28.9. The first-order valence-electron chi connectivity index (χ1n) is 12.6. The van der Waals surface area contributed by atoms with Crippen molar-refractivity contribution in [2.24, 2.45) is 7.05 Å². The lowest BCUT2D eigenvalue weighted by atomic mass is 10.1. The number of carbonyl (C=O) groups excluding carboxylic acids is 1. The number of hydrogen-bond donors (Lipinski definition) is 1. The molecule has 1 aromatic carbocycles. The molecule has 0 bridgehead atoms. The second-order valence-corrected chi connectivity index (χ2v) is 9.81. The highest BCUT2D eigenvalue weighted by Gasteiger charge is 2.34. The van der Waals surface area contributed by atoms with Crippen molar-refractivity contribution >= 4 is 11.9 Å². The molecule has 0 saturated heterocycles. The second-order valence-electron chi connectivity index (χ2n) is 9.81. The van der Waals surface area contributed by atoms with Crippen LogP contribution in [0, 0.1) is 6.92 Å². The van der Waals surface area contributed by atoms with Gasteiger partial charge in [-0.2, -0.15) is 13.2 Å². The van der Waals surface area contributed by atoms with Gasteiger partial charge in [0.05, 0.1) is 12.2 Å². The third kappa shape index (κ3) is 7.02. The van der Waals surface area contributed by atoms with Crippen molar-refractivity contribution < 1.29 is 22.7 Å². The van der Waals surface area contributed by atoms with E-state index in [0.29, 0.717) is 43.3 Å². The van der Waals surface area contributed by atoms with E-state index in [1.54, 1.807) is 17.0 Å². The fourth-order valence-electron chi connectivity index (χ4n) is 3.99. The minimum absolute atomic E-state index is 0.240. The Balaban J connectivity index is 0.00000195. The highest BCUT2D eigenvalue weighted by atomic mass is 19.4. The summed E-state index contributed by atoms with van der Waals surface area (Å²) in [6, 6.07) is 7.14. The summed E-state index contributed by atoms with van der Waals surface area (Å²) in [4.78, 5) is 27.1.